The number of allylic oxidation sites excluding steroid dienone is 1. The van der Waals surface area contributed by atoms with Gasteiger partial charge in [0.15, 0.2) is 5.76 Å². The second-order valence-electron chi connectivity index (χ2n) is 6.02. The fraction of sp³-hybridized carbons (Fsp3) is 0. The van der Waals surface area contributed by atoms with Crippen molar-refractivity contribution in [2.24, 2.45) is 0 Å². The second-order valence-corrected chi connectivity index (χ2v) is 6.42. The van der Waals surface area contributed by atoms with E-state index in [1.54, 1.807) is 30.3 Å². The lowest BCUT2D eigenvalue weighted by atomic mass is 10.1. The van der Waals surface area contributed by atoms with Crippen molar-refractivity contribution in [2.45, 2.75) is 0 Å². The van der Waals surface area contributed by atoms with Crippen molar-refractivity contribution in [1.29, 1.82) is 0 Å². The number of carbonyl (C=O) groups is 2. The summed E-state index contributed by atoms with van der Waals surface area (Å²) in [5, 5.41) is 0.497. The highest BCUT2D eigenvalue weighted by Gasteiger charge is 2.28. The van der Waals surface area contributed by atoms with Crippen LogP contribution in [-0.2, 0) is 0 Å². The van der Waals surface area contributed by atoms with Gasteiger partial charge in [-0.05, 0) is 54.1 Å². The molecule has 138 valence electrons. The van der Waals surface area contributed by atoms with E-state index in [-0.39, 0.29) is 28.6 Å². The lowest BCUT2D eigenvalue weighted by molar-refractivity contribution is 0.0734. The van der Waals surface area contributed by atoms with E-state index in [0.29, 0.717) is 16.1 Å². The van der Waals surface area contributed by atoms with Crippen LogP contribution in [0.1, 0.15) is 26.3 Å². The Hall–Kier alpha value is -3.44. The van der Waals surface area contributed by atoms with Crippen molar-refractivity contribution in [3.8, 4) is 11.5 Å². The number of esters is 1. The van der Waals surface area contributed by atoms with Crippen molar-refractivity contribution < 1.29 is 23.5 Å². The predicted octanol–water partition coefficient (Wildman–Crippen LogP) is 5.31. The zero-order valence-corrected chi connectivity index (χ0v) is 15.1. The average Bonchev–Trinajstić information content (AvgIpc) is 2.99. The number of ether oxygens (including phenoxy) is 2. The van der Waals surface area contributed by atoms with Gasteiger partial charge in [0.1, 0.15) is 17.3 Å². The SMILES string of the molecule is O=C(Oc1ccc2c(c1)O/C(=C\c1ccccc1Cl)C2=O)c1ccc(F)cc1. The smallest absolute Gasteiger partial charge is 0.343 e. The molecular weight excluding hydrogens is 383 g/mol. The number of Topliss-reactive ketones (excluding diaryl/α,β-unsaturated/α-hetero) is 1. The van der Waals surface area contributed by atoms with Crippen LogP contribution in [0.25, 0.3) is 6.08 Å². The maximum Gasteiger partial charge on any atom is 0.343 e. The van der Waals surface area contributed by atoms with Crippen molar-refractivity contribution in [3.05, 3.63) is 100 Å². The minimum Gasteiger partial charge on any atom is -0.452 e. The number of benzene rings is 3. The Bertz CT molecular complexity index is 1120. The van der Waals surface area contributed by atoms with Gasteiger partial charge in [-0.3, -0.25) is 4.79 Å². The van der Waals surface area contributed by atoms with E-state index in [1.807, 2.05) is 0 Å². The normalized spacial score (nSPS) is 13.9. The van der Waals surface area contributed by atoms with Gasteiger partial charge in [-0.1, -0.05) is 29.8 Å². The molecule has 0 aliphatic carbocycles. The van der Waals surface area contributed by atoms with Crippen LogP contribution in [0.15, 0.2) is 72.5 Å². The summed E-state index contributed by atoms with van der Waals surface area (Å²) in [5.41, 5.74) is 1.22. The first kappa shape index (κ1) is 17.9. The predicted molar refractivity (Wildman–Crippen MR) is 102 cm³/mol. The number of carbonyl (C=O) groups excluding carboxylic acids is 2. The van der Waals surface area contributed by atoms with Gasteiger partial charge in [0, 0.05) is 11.1 Å². The standard InChI is InChI=1S/C22H12ClFO4/c23-18-4-2-1-3-14(18)11-20-21(25)17-10-9-16(12-19(17)28-20)27-22(26)13-5-7-15(24)8-6-13/h1-12H/b20-11-. The lowest BCUT2D eigenvalue weighted by Gasteiger charge is -2.05. The molecule has 4 rings (SSSR count). The van der Waals surface area contributed by atoms with Crippen LogP contribution in [0.2, 0.25) is 5.02 Å². The maximum atomic E-state index is 13.0. The van der Waals surface area contributed by atoms with Gasteiger partial charge in [-0.25, -0.2) is 9.18 Å². The topological polar surface area (TPSA) is 52.6 Å². The monoisotopic (exact) mass is 394 g/mol. The molecule has 0 atom stereocenters. The van der Waals surface area contributed by atoms with Gasteiger partial charge < -0.3 is 9.47 Å². The van der Waals surface area contributed by atoms with Crippen LogP contribution in [0.4, 0.5) is 4.39 Å². The molecule has 4 nitrogen and oxygen atoms in total. The average molecular weight is 395 g/mol. The highest BCUT2D eigenvalue weighted by molar-refractivity contribution is 6.32. The summed E-state index contributed by atoms with van der Waals surface area (Å²) in [5.74, 6) is -0.751. The molecule has 0 radical (unpaired) electrons. The Morgan fingerprint density at radius 1 is 1.04 bits per heavy atom. The van der Waals surface area contributed by atoms with E-state index < -0.39 is 11.8 Å². The molecule has 3 aromatic carbocycles. The van der Waals surface area contributed by atoms with Crippen LogP contribution >= 0.6 is 11.6 Å². The Morgan fingerprint density at radius 3 is 2.54 bits per heavy atom. The van der Waals surface area contributed by atoms with E-state index in [9.17, 15) is 14.0 Å². The van der Waals surface area contributed by atoms with Crippen LogP contribution in [0.3, 0.4) is 0 Å². The van der Waals surface area contributed by atoms with E-state index in [2.05, 4.69) is 0 Å². The summed E-state index contributed by atoms with van der Waals surface area (Å²) in [6.07, 6.45) is 1.56. The Labute approximate surface area is 164 Å². The summed E-state index contributed by atoms with van der Waals surface area (Å²) in [4.78, 5) is 24.7. The number of ketones is 1. The van der Waals surface area contributed by atoms with Gasteiger partial charge >= 0.3 is 5.97 Å². The van der Waals surface area contributed by atoms with Crippen molar-refractivity contribution in [3.63, 3.8) is 0 Å². The molecule has 1 aliphatic rings. The molecule has 3 aromatic rings. The molecule has 1 heterocycles. The van der Waals surface area contributed by atoms with E-state index in [1.165, 1.54) is 42.5 Å². The van der Waals surface area contributed by atoms with Gasteiger partial charge in [0.2, 0.25) is 5.78 Å². The van der Waals surface area contributed by atoms with Crippen molar-refractivity contribution >= 4 is 29.4 Å². The summed E-state index contributed by atoms with van der Waals surface area (Å²) in [7, 11) is 0. The number of rotatable bonds is 3. The minimum absolute atomic E-state index is 0.130. The molecule has 0 spiro atoms. The third-order valence-electron chi connectivity index (χ3n) is 4.12. The molecule has 0 unspecified atom stereocenters. The zero-order valence-electron chi connectivity index (χ0n) is 14.3. The Kier molecular flexibility index (Phi) is 4.67. The van der Waals surface area contributed by atoms with Crippen LogP contribution in [-0.4, -0.2) is 11.8 Å². The van der Waals surface area contributed by atoms with Gasteiger partial charge in [-0.2, -0.15) is 0 Å². The molecule has 0 aromatic heterocycles. The first-order chi connectivity index (χ1) is 13.5. The molecule has 0 N–H and O–H groups in total. The number of hydrogen-bond donors (Lipinski definition) is 0. The molecule has 1 aliphatic heterocycles. The van der Waals surface area contributed by atoms with Gasteiger partial charge in [-0.15, -0.1) is 0 Å². The molecule has 0 fully saturated rings. The second kappa shape index (κ2) is 7.29. The minimum atomic E-state index is -0.642. The third-order valence-corrected chi connectivity index (χ3v) is 4.47. The molecule has 0 bridgehead atoms. The first-order valence-electron chi connectivity index (χ1n) is 8.32. The van der Waals surface area contributed by atoms with Gasteiger partial charge in [0.25, 0.3) is 0 Å². The number of fused-ring (bicyclic) bond motifs is 1. The van der Waals surface area contributed by atoms with Crippen LogP contribution in [0.5, 0.6) is 11.5 Å². The Morgan fingerprint density at radius 2 is 1.79 bits per heavy atom. The van der Waals surface area contributed by atoms with E-state index in [4.69, 9.17) is 21.1 Å². The summed E-state index contributed by atoms with van der Waals surface area (Å²) in [6.45, 7) is 0. The molecule has 28 heavy (non-hydrogen) atoms. The molecule has 0 saturated carbocycles. The zero-order chi connectivity index (χ0) is 19.7. The highest BCUT2D eigenvalue weighted by atomic mass is 35.5. The van der Waals surface area contributed by atoms with Crippen LogP contribution in [0, 0.1) is 5.82 Å². The van der Waals surface area contributed by atoms with Gasteiger partial charge in [0.05, 0.1) is 11.1 Å². The number of halogens is 2. The molecule has 0 saturated heterocycles. The maximum absolute atomic E-state index is 13.0. The third kappa shape index (κ3) is 3.52. The fourth-order valence-electron chi connectivity index (χ4n) is 2.72. The first-order valence-corrected chi connectivity index (χ1v) is 8.69. The summed E-state index contributed by atoms with van der Waals surface area (Å²) in [6, 6.07) is 16.6. The Balaban J connectivity index is 1.56. The summed E-state index contributed by atoms with van der Waals surface area (Å²) < 4.78 is 23.9. The fourth-order valence-corrected chi connectivity index (χ4v) is 2.91. The largest absolute Gasteiger partial charge is 0.452 e. The summed E-state index contributed by atoms with van der Waals surface area (Å²) >= 11 is 6.12. The molecular formula is C22H12ClFO4. The van der Waals surface area contributed by atoms with E-state index in [0.717, 1.165) is 0 Å². The molecule has 0 amide bonds. The number of hydrogen-bond acceptors (Lipinski definition) is 4. The lowest BCUT2D eigenvalue weighted by Crippen LogP contribution is -2.08. The molecule has 6 heteroatoms. The quantitative estimate of drug-likeness (QED) is 0.343. The highest BCUT2D eigenvalue weighted by Crippen LogP contribution is 2.35. The van der Waals surface area contributed by atoms with Crippen molar-refractivity contribution in [1.82, 2.24) is 0 Å². The van der Waals surface area contributed by atoms with Crippen molar-refractivity contribution in [2.75, 3.05) is 0 Å². The van der Waals surface area contributed by atoms with E-state index >= 15 is 0 Å². The van der Waals surface area contributed by atoms with Crippen LogP contribution < -0.4 is 9.47 Å².